The minimum Gasteiger partial charge on any atom is -0.279 e. The maximum atomic E-state index is 5.39. The Morgan fingerprint density at radius 1 is 0.355 bits per heavy atom. The summed E-state index contributed by atoms with van der Waals surface area (Å²) in [7, 11) is 0. The van der Waals surface area contributed by atoms with Gasteiger partial charge in [0.25, 0.3) is 0 Å². The first kappa shape index (κ1) is 40.0. The van der Waals surface area contributed by atoms with E-state index in [1.54, 1.807) is 0 Å². The topological polar surface area (TPSA) is 41.9 Å². The Morgan fingerprint density at radius 3 is 1.39 bits per heavy atom. The van der Waals surface area contributed by atoms with Crippen LogP contribution in [0.2, 0.25) is 0 Å². The molecule has 0 bridgehead atoms. The fraction of sp³-hybridized carbons (Fsp3) is 0.121. The second kappa shape index (κ2) is 17.3. The Balaban J connectivity index is 1.26. The first-order chi connectivity index (χ1) is 30.2. The standard InChI is InChI=1S/C58H50N4/c1-38-33-40(3)53(41(4)34-38)55(54-42(5)35-39(2)36-43(54)6)46-29-31-49(32-30-46)62(50-26-18-25-48(37-50)44-19-10-7-11-20-44)58-60-56(47-23-14-9-15-24-47)59-57(61-58)52-28-17-16-27-51(52)45-21-12-8-13-22-45/h7-37,55H,1-6H3. The third-order valence-corrected chi connectivity index (χ3v) is 11.9. The van der Waals surface area contributed by atoms with Crippen LogP contribution in [0.25, 0.3) is 45.0 Å². The molecule has 0 atom stereocenters. The Bertz CT molecular complexity index is 2910. The van der Waals surface area contributed by atoms with Crippen LogP contribution in [0.1, 0.15) is 56.0 Å². The average Bonchev–Trinajstić information content (AvgIpc) is 3.29. The van der Waals surface area contributed by atoms with Crippen molar-refractivity contribution in [3.05, 3.63) is 238 Å². The monoisotopic (exact) mass is 802 g/mol. The molecule has 0 fully saturated rings. The highest BCUT2D eigenvalue weighted by molar-refractivity contribution is 5.83. The van der Waals surface area contributed by atoms with E-state index in [9.17, 15) is 0 Å². The van der Waals surface area contributed by atoms with Crippen molar-refractivity contribution in [3.63, 3.8) is 0 Å². The molecule has 0 unspecified atom stereocenters. The summed E-state index contributed by atoms with van der Waals surface area (Å²) in [6.45, 7) is 13.4. The van der Waals surface area contributed by atoms with E-state index >= 15 is 0 Å². The predicted octanol–water partition coefficient (Wildman–Crippen LogP) is 15.0. The molecule has 4 nitrogen and oxygen atoms in total. The molecule has 0 amide bonds. The lowest BCUT2D eigenvalue weighted by molar-refractivity contribution is 0.919. The van der Waals surface area contributed by atoms with Crippen molar-refractivity contribution in [2.45, 2.75) is 47.5 Å². The van der Waals surface area contributed by atoms with Gasteiger partial charge in [-0.2, -0.15) is 9.97 Å². The van der Waals surface area contributed by atoms with E-state index in [4.69, 9.17) is 15.0 Å². The van der Waals surface area contributed by atoms with Gasteiger partial charge in [0.1, 0.15) is 0 Å². The molecule has 0 spiro atoms. The van der Waals surface area contributed by atoms with E-state index in [1.807, 2.05) is 24.3 Å². The number of anilines is 3. The first-order valence-corrected chi connectivity index (χ1v) is 21.4. The normalized spacial score (nSPS) is 11.2. The Kier molecular flexibility index (Phi) is 11.1. The lowest BCUT2D eigenvalue weighted by Gasteiger charge is -2.28. The van der Waals surface area contributed by atoms with E-state index in [0.717, 1.165) is 44.8 Å². The molecule has 0 aliphatic heterocycles. The van der Waals surface area contributed by atoms with E-state index < -0.39 is 0 Å². The molecule has 0 N–H and O–H groups in total. The van der Waals surface area contributed by atoms with Crippen molar-refractivity contribution in [2.75, 3.05) is 4.90 Å². The lowest BCUT2D eigenvalue weighted by Crippen LogP contribution is -2.16. The molecule has 0 aliphatic rings. The van der Waals surface area contributed by atoms with Crippen molar-refractivity contribution in [3.8, 4) is 45.0 Å². The van der Waals surface area contributed by atoms with Gasteiger partial charge in [-0.15, -0.1) is 0 Å². The summed E-state index contributed by atoms with van der Waals surface area (Å²) in [5.74, 6) is 1.78. The SMILES string of the molecule is Cc1cc(C)c(C(c2ccc(N(c3cccc(-c4ccccc4)c3)c3nc(-c4ccccc4)nc(-c4ccccc4-c4ccccc4)n3)cc2)c2c(C)cc(C)cc2C)c(C)c1. The molecule has 0 aliphatic carbocycles. The van der Waals surface area contributed by atoms with E-state index in [-0.39, 0.29) is 5.92 Å². The molecule has 1 aromatic heterocycles. The molecule has 0 saturated carbocycles. The summed E-state index contributed by atoms with van der Waals surface area (Å²) in [5, 5.41) is 0. The summed E-state index contributed by atoms with van der Waals surface area (Å²) >= 11 is 0. The smallest absolute Gasteiger partial charge is 0.238 e. The molecule has 1 heterocycles. The Hall–Kier alpha value is -7.43. The zero-order valence-corrected chi connectivity index (χ0v) is 36.3. The summed E-state index contributed by atoms with van der Waals surface area (Å²) in [5.41, 5.74) is 19.9. The Labute approximate surface area is 366 Å². The third-order valence-electron chi connectivity index (χ3n) is 11.9. The van der Waals surface area contributed by atoms with Gasteiger partial charge in [0.05, 0.1) is 0 Å². The highest BCUT2D eigenvalue weighted by Gasteiger charge is 2.26. The molecule has 0 radical (unpaired) electrons. The molecule has 4 heteroatoms. The largest absolute Gasteiger partial charge is 0.279 e. The zero-order chi connectivity index (χ0) is 42.7. The van der Waals surface area contributed by atoms with Gasteiger partial charge in [-0.3, -0.25) is 4.90 Å². The minimum atomic E-state index is 0.0445. The third kappa shape index (κ3) is 8.08. The zero-order valence-electron chi connectivity index (χ0n) is 36.3. The van der Waals surface area contributed by atoms with Crippen LogP contribution in [0.4, 0.5) is 17.3 Å². The van der Waals surface area contributed by atoms with E-state index in [2.05, 4.69) is 210 Å². The molecule has 9 rings (SSSR count). The van der Waals surface area contributed by atoms with Crippen LogP contribution in [0.3, 0.4) is 0 Å². The number of nitrogens with zero attached hydrogens (tertiary/aromatic N) is 4. The summed E-state index contributed by atoms with van der Waals surface area (Å²) in [6, 6.07) is 66.6. The lowest BCUT2D eigenvalue weighted by atomic mass is 9.77. The highest BCUT2D eigenvalue weighted by atomic mass is 15.3. The van der Waals surface area contributed by atoms with Crippen molar-refractivity contribution in [1.82, 2.24) is 15.0 Å². The number of rotatable bonds is 10. The molecule has 9 aromatic rings. The van der Waals surface area contributed by atoms with Gasteiger partial charge in [-0.25, -0.2) is 4.98 Å². The van der Waals surface area contributed by atoms with Crippen LogP contribution in [-0.2, 0) is 0 Å². The number of hydrogen-bond donors (Lipinski definition) is 0. The first-order valence-electron chi connectivity index (χ1n) is 21.4. The van der Waals surface area contributed by atoms with Gasteiger partial charge >= 0.3 is 0 Å². The fourth-order valence-electron chi connectivity index (χ4n) is 9.27. The van der Waals surface area contributed by atoms with Crippen LogP contribution in [0, 0.1) is 41.5 Å². The molecule has 62 heavy (non-hydrogen) atoms. The van der Waals surface area contributed by atoms with Crippen LogP contribution in [0.5, 0.6) is 0 Å². The molecule has 0 saturated heterocycles. The minimum absolute atomic E-state index is 0.0445. The number of hydrogen-bond acceptors (Lipinski definition) is 4. The van der Waals surface area contributed by atoms with Gasteiger partial charge in [0, 0.05) is 28.4 Å². The fourth-order valence-corrected chi connectivity index (χ4v) is 9.27. The molecule has 302 valence electrons. The van der Waals surface area contributed by atoms with Crippen molar-refractivity contribution >= 4 is 17.3 Å². The van der Waals surface area contributed by atoms with Gasteiger partial charge in [0.15, 0.2) is 11.6 Å². The second-order valence-electron chi connectivity index (χ2n) is 16.5. The number of aryl methyl sites for hydroxylation is 6. The summed E-state index contributed by atoms with van der Waals surface area (Å²) in [6.07, 6.45) is 0. The van der Waals surface area contributed by atoms with Gasteiger partial charge < -0.3 is 0 Å². The van der Waals surface area contributed by atoms with Gasteiger partial charge in [-0.1, -0.05) is 175 Å². The van der Waals surface area contributed by atoms with Crippen LogP contribution in [-0.4, -0.2) is 15.0 Å². The number of benzene rings is 8. The quantitative estimate of drug-likeness (QED) is 0.129. The van der Waals surface area contributed by atoms with E-state index in [0.29, 0.717) is 17.6 Å². The average molecular weight is 803 g/mol. The predicted molar refractivity (Wildman–Crippen MR) is 259 cm³/mol. The van der Waals surface area contributed by atoms with E-state index in [1.165, 1.54) is 50.1 Å². The maximum absolute atomic E-state index is 5.39. The van der Waals surface area contributed by atoms with Crippen molar-refractivity contribution in [1.29, 1.82) is 0 Å². The molecular formula is C58H50N4. The van der Waals surface area contributed by atoms with Gasteiger partial charge in [-0.05, 0) is 127 Å². The number of aromatic nitrogens is 3. The molecule has 8 aromatic carbocycles. The Morgan fingerprint density at radius 2 is 0.823 bits per heavy atom. The molecular weight excluding hydrogens is 753 g/mol. The summed E-state index contributed by atoms with van der Waals surface area (Å²) in [4.78, 5) is 18.1. The maximum Gasteiger partial charge on any atom is 0.238 e. The van der Waals surface area contributed by atoms with Crippen molar-refractivity contribution < 1.29 is 0 Å². The van der Waals surface area contributed by atoms with Crippen molar-refractivity contribution in [2.24, 2.45) is 0 Å². The van der Waals surface area contributed by atoms with Crippen LogP contribution >= 0.6 is 0 Å². The second-order valence-corrected chi connectivity index (χ2v) is 16.5. The summed E-state index contributed by atoms with van der Waals surface area (Å²) < 4.78 is 0. The van der Waals surface area contributed by atoms with Gasteiger partial charge in [0.2, 0.25) is 5.95 Å². The van der Waals surface area contributed by atoms with Crippen LogP contribution in [0.15, 0.2) is 188 Å². The highest BCUT2D eigenvalue weighted by Crippen LogP contribution is 2.43. The van der Waals surface area contributed by atoms with Crippen LogP contribution < -0.4 is 4.90 Å².